The largest absolute Gasteiger partial charge is 0.507 e. The van der Waals surface area contributed by atoms with Crippen LogP contribution in [0, 0.1) is 0 Å². The molecule has 0 unspecified atom stereocenters. The van der Waals surface area contributed by atoms with Crippen LogP contribution in [0.1, 0.15) is 55.8 Å². The van der Waals surface area contributed by atoms with Crippen molar-refractivity contribution in [3.63, 3.8) is 0 Å². The van der Waals surface area contributed by atoms with Crippen molar-refractivity contribution in [2.75, 3.05) is 33.8 Å². The minimum atomic E-state index is -0.666. The predicted molar refractivity (Wildman–Crippen MR) is 139 cm³/mol. The van der Waals surface area contributed by atoms with E-state index >= 15 is 0 Å². The number of carbonyl (C=O) groups excluding carboxylic acids is 2. The summed E-state index contributed by atoms with van der Waals surface area (Å²) in [6.45, 7) is 5.94. The molecule has 1 N–H and O–H groups in total. The van der Waals surface area contributed by atoms with Crippen molar-refractivity contribution >= 4 is 17.4 Å². The van der Waals surface area contributed by atoms with Gasteiger partial charge in [-0.2, -0.15) is 0 Å². The van der Waals surface area contributed by atoms with E-state index in [0.717, 1.165) is 48.4 Å². The number of nitrogens with zero attached hydrogens (tertiary/aromatic N) is 2. The number of rotatable bonds is 10. The van der Waals surface area contributed by atoms with Gasteiger partial charge in [-0.25, -0.2) is 0 Å². The number of unbranched alkanes of at least 4 members (excludes halogenated alkanes) is 1. The molecule has 192 valence electrons. The lowest BCUT2D eigenvalue weighted by molar-refractivity contribution is -0.139. The van der Waals surface area contributed by atoms with E-state index < -0.39 is 17.7 Å². The Kier molecular flexibility index (Phi) is 7.99. The molecule has 7 nitrogen and oxygen atoms in total. The predicted octanol–water partition coefficient (Wildman–Crippen LogP) is 4.56. The second-order valence-electron chi connectivity index (χ2n) is 9.88. The van der Waals surface area contributed by atoms with E-state index in [1.165, 1.54) is 0 Å². The topological polar surface area (TPSA) is 79.3 Å². The van der Waals surface area contributed by atoms with Gasteiger partial charge in [0.25, 0.3) is 11.7 Å². The van der Waals surface area contributed by atoms with Gasteiger partial charge >= 0.3 is 0 Å². The maximum atomic E-state index is 13.3. The van der Waals surface area contributed by atoms with Crippen LogP contribution in [-0.2, 0) is 16.0 Å². The molecule has 2 atom stereocenters. The van der Waals surface area contributed by atoms with Gasteiger partial charge in [0.05, 0.1) is 18.2 Å². The number of carbonyl (C=O) groups is 2. The highest BCUT2D eigenvalue weighted by Gasteiger charge is 2.45. The normalized spacial score (nSPS) is 20.6. The van der Waals surface area contributed by atoms with Crippen LogP contribution in [-0.4, -0.2) is 66.5 Å². The zero-order valence-corrected chi connectivity index (χ0v) is 21.6. The van der Waals surface area contributed by atoms with Gasteiger partial charge in [0.15, 0.2) is 0 Å². The summed E-state index contributed by atoms with van der Waals surface area (Å²) < 4.78 is 11.6. The number of ketones is 1. The zero-order valence-electron chi connectivity index (χ0n) is 21.6. The number of amides is 1. The number of ether oxygens (including phenoxy) is 2. The quantitative estimate of drug-likeness (QED) is 0.227. The Hall–Kier alpha value is -3.32. The van der Waals surface area contributed by atoms with Gasteiger partial charge in [0.2, 0.25) is 0 Å². The Bertz CT molecular complexity index is 1140. The minimum Gasteiger partial charge on any atom is -0.507 e. The Morgan fingerprint density at radius 1 is 1.14 bits per heavy atom. The molecule has 4 rings (SSSR count). The molecule has 2 aromatic carbocycles. The molecule has 0 radical (unpaired) electrons. The third kappa shape index (κ3) is 5.41. The van der Waals surface area contributed by atoms with Crippen LogP contribution in [0.25, 0.3) is 5.76 Å². The molecule has 7 heteroatoms. The smallest absolute Gasteiger partial charge is 0.295 e. The highest BCUT2D eigenvalue weighted by molar-refractivity contribution is 6.46. The number of aliphatic hydroxyl groups excluding tert-OH is 1. The van der Waals surface area contributed by atoms with Crippen molar-refractivity contribution in [2.45, 2.75) is 51.7 Å². The van der Waals surface area contributed by atoms with Crippen LogP contribution < -0.4 is 9.47 Å². The van der Waals surface area contributed by atoms with Gasteiger partial charge in [-0.15, -0.1) is 0 Å². The average molecular weight is 493 g/mol. The molecular formula is C29H36N2O5. The maximum absolute atomic E-state index is 13.3. The molecule has 2 heterocycles. The van der Waals surface area contributed by atoms with Gasteiger partial charge < -0.3 is 24.4 Å². The summed E-state index contributed by atoms with van der Waals surface area (Å²) in [6.07, 6.45) is 3.53. The number of fused-ring (bicyclic) bond motifs is 1. The van der Waals surface area contributed by atoms with E-state index in [2.05, 4.69) is 6.92 Å². The molecule has 1 saturated heterocycles. The van der Waals surface area contributed by atoms with Crippen LogP contribution in [0.3, 0.4) is 0 Å². The first kappa shape index (κ1) is 25.8. The lowest BCUT2D eigenvalue weighted by Gasteiger charge is -2.26. The molecule has 1 fully saturated rings. The second kappa shape index (κ2) is 11.2. The number of hydrogen-bond acceptors (Lipinski definition) is 6. The Balaban J connectivity index is 1.71. The van der Waals surface area contributed by atoms with Gasteiger partial charge in [-0.1, -0.05) is 25.5 Å². The van der Waals surface area contributed by atoms with Gasteiger partial charge in [-0.05, 0) is 81.9 Å². The number of likely N-dealkylation sites (tertiary alicyclic amines) is 1. The number of aliphatic hydroxyl groups is 1. The Labute approximate surface area is 213 Å². The highest BCUT2D eigenvalue weighted by Crippen LogP contribution is 2.41. The molecule has 1 amide bonds. The summed E-state index contributed by atoms with van der Waals surface area (Å²) in [6, 6.07) is 12.2. The third-order valence-electron chi connectivity index (χ3n) is 6.68. The molecule has 0 spiro atoms. The monoisotopic (exact) mass is 492 g/mol. The van der Waals surface area contributed by atoms with Crippen molar-refractivity contribution < 1.29 is 24.2 Å². The number of hydrogen-bond donors (Lipinski definition) is 1. The summed E-state index contributed by atoms with van der Waals surface area (Å²) in [5, 5.41) is 11.4. The maximum Gasteiger partial charge on any atom is 0.295 e. The average Bonchev–Trinajstić information content (AvgIpc) is 3.35. The fourth-order valence-electron chi connectivity index (χ4n) is 4.82. The lowest BCUT2D eigenvalue weighted by atomic mass is 9.94. The molecule has 0 bridgehead atoms. The summed E-state index contributed by atoms with van der Waals surface area (Å²) in [5.74, 6) is 0.138. The zero-order chi connectivity index (χ0) is 25.8. The second-order valence-corrected chi connectivity index (χ2v) is 9.88. The van der Waals surface area contributed by atoms with E-state index in [1.54, 1.807) is 11.0 Å². The van der Waals surface area contributed by atoms with E-state index in [4.69, 9.17) is 9.47 Å². The van der Waals surface area contributed by atoms with Gasteiger partial charge in [0, 0.05) is 18.5 Å². The summed E-state index contributed by atoms with van der Waals surface area (Å²) in [4.78, 5) is 30.1. The molecular weight excluding hydrogens is 456 g/mol. The fraction of sp³-hybridized carbons (Fsp3) is 0.448. The molecule has 36 heavy (non-hydrogen) atoms. The van der Waals surface area contributed by atoms with Crippen LogP contribution >= 0.6 is 0 Å². The van der Waals surface area contributed by atoms with Crippen LogP contribution in [0.5, 0.6) is 11.5 Å². The third-order valence-corrected chi connectivity index (χ3v) is 6.68. The van der Waals surface area contributed by atoms with E-state index in [1.807, 2.05) is 62.3 Å². The molecule has 2 aliphatic heterocycles. The van der Waals surface area contributed by atoms with Crippen molar-refractivity contribution in [1.29, 1.82) is 0 Å². The number of benzene rings is 2. The molecule has 0 saturated carbocycles. The SMILES string of the molecule is CCCCOc1ccc([C@H]2C(=C(O)c3ccc4c(c3)C[C@H](C)O4)C(=O)C(=O)N2CCCN(C)C)cc1. The molecule has 0 aromatic heterocycles. The first-order chi connectivity index (χ1) is 17.3. The Morgan fingerprint density at radius 2 is 1.89 bits per heavy atom. The van der Waals surface area contributed by atoms with Crippen LogP contribution in [0.2, 0.25) is 0 Å². The molecule has 2 aromatic rings. The highest BCUT2D eigenvalue weighted by atomic mass is 16.5. The van der Waals surface area contributed by atoms with E-state index in [9.17, 15) is 14.7 Å². The first-order valence-electron chi connectivity index (χ1n) is 12.8. The molecule has 0 aliphatic carbocycles. The Morgan fingerprint density at radius 3 is 2.58 bits per heavy atom. The summed E-state index contributed by atoms with van der Waals surface area (Å²) in [7, 11) is 3.95. The first-order valence-corrected chi connectivity index (χ1v) is 12.8. The van der Waals surface area contributed by atoms with Crippen molar-refractivity contribution in [1.82, 2.24) is 9.80 Å². The van der Waals surface area contributed by atoms with Crippen molar-refractivity contribution in [2.24, 2.45) is 0 Å². The van der Waals surface area contributed by atoms with Crippen LogP contribution in [0.4, 0.5) is 0 Å². The fourth-order valence-corrected chi connectivity index (χ4v) is 4.82. The van der Waals surface area contributed by atoms with E-state index in [-0.39, 0.29) is 17.4 Å². The lowest BCUT2D eigenvalue weighted by Crippen LogP contribution is -2.32. The minimum absolute atomic E-state index is 0.0673. The standard InChI is InChI=1S/C29H36N2O5/c1-5-6-16-35-23-11-8-20(9-12-23)26-25(28(33)29(34)31(26)15-7-14-30(3)4)27(32)21-10-13-24-22(18-21)17-19(2)36-24/h8-13,18-19,26,32H,5-7,14-17H2,1-4H3/t19-,26-/m0/s1. The van der Waals surface area contributed by atoms with Gasteiger partial charge in [-0.3, -0.25) is 9.59 Å². The molecule has 2 aliphatic rings. The van der Waals surface area contributed by atoms with E-state index in [0.29, 0.717) is 25.1 Å². The summed E-state index contributed by atoms with van der Waals surface area (Å²) in [5.41, 5.74) is 2.39. The van der Waals surface area contributed by atoms with Crippen molar-refractivity contribution in [3.8, 4) is 11.5 Å². The van der Waals surface area contributed by atoms with Crippen LogP contribution in [0.15, 0.2) is 48.0 Å². The summed E-state index contributed by atoms with van der Waals surface area (Å²) >= 11 is 0. The number of Topliss-reactive ketones (excluding diaryl/α,β-unsaturated/α-hetero) is 1. The van der Waals surface area contributed by atoms with Crippen molar-refractivity contribution in [3.05, 3.63) is 64.7 Å². The van der Waals surface area contributed by atoms with Gasteiger partial charge in [0.1, 0.15) is 23.4 Å².